The van der Waals surface area contributed by atoms with Gasteiger partial charge in [-0.15, -0.1) is 0 Å². The SMILES string of the molecule is COc1ccc(C(=O)Nc2ccccc2NC(O)c2cc3cc(Cl)ccc3o2)cc1. The second-order valence-electron chi connectivity index (χ2n) is 6.61. The molecule has 1 unspecified atom stereocenters. The molecule has 0 saturated carbocycles. The predicted octanol–water partition coefficient (Wildman–Crippen LogP) is 5.45. The van der Waals surface area contributed by atoms with Gasteiger partial charge in [0.1, 0.15) is 11.3 Å². The van der Waals surface area contributed by atoms with E-state index in [2.05, 4.69) is 10.6 Å². The van der Waals surface area contributed by atoms with Crippen LogP contribution in [0.25, 0.3) is 11.0 Å². The van der Waals surface area contributed by atoms with E-state index in [0.29, 0.717) is 39.1 Å². The second-order valence-corrected chi connectivity index (χ2v) is 7.04. The van der Waals surface area contributed by atoms with E-state index in [1.54, 1.807) is 79.9 Å². The highest BCUT2D eigenvalue weighted by atomic mass is 35.5. The van der Waals surface area contributed by atoms with E-state index in [4.69, 9.17) is 20.8 Å². The zero-order valence-corrected chi connectivity index (χ0v) is 16.8. The molecule has 0 saturated heterocycles. The topological polar surface area (TPSA) is 83.7 Å². The number of carbonyl (C=O) groups excluding carboxylic acids is 1. The van der Waals surface area contributed by atoms with E-state index in [1.807, 2.05) is 0 Å². The van der Waals surface area contributed by atoms with Crippen LogP contribution in [0.5, 0.6) is 5.75 Å². The Bertz CT molecular complexity index is 1190. The highest BCUT2D eigenvalue weighted by molar-refractivity contribution is 6.31. The molecule has 3 N–H and O–H groups in total. The van der Waals surface area contributed by atoms with Crippen molar-refractivity contribution in [2.45, 2.75) is 6.23 Å². The lowest BCUT2D eigenvalue weighted by Crippen LogP contribution is -2.15. The van der Waals surface area contributed by atoms with Crippen molar-refractivity contribution in [2.75, 3.05) is 17.7 Å². The third-order valence-corrected chi connectivity index (χ3v) is 4.82. The van der Waals surface area contributed by atoms with E-state index in [9.17, 15) is 9.90 Å². The van der Waals surface area contributed by atoms with Gasteiger partial charge in [-0.25, -0.2) is 0 Å². The summed E-state index contributed by atoms with van der Waals surface area (Å²) in [7, 11) is 1.57. The number of furan rings is 1. The predicted molar refractivity (Wildman–Crippen MR) is 117 cm³/mol. The molecule has 4 aromatic rings. The summed E-state index contributed by atoms with van der Waals surface area (Å²) in [6.45, 7) is 0. The van der Waals surface area contributed by atoms with Gasteiger partial charge in [0.25, 0.3) is 5.91 Å². The Balaban J connectivity index is 1.52. The number of nitrogens with one attached hydrogen (secondary N) is 2. The Morgan fingerprint density at radius 2 is 1.77 bits per heavy atom. The maximum atomic E-state index is 12.6. The number of ether oxygens (including phenoxy) is 1. The van der Waals surface area contributed by atoms with Gasteiger partial charge < -0.3 is 24.9 Å². The number of fused-ring (bicyclic) bond motifs is 1. The van der Waals surface area contributed by atoms with E-state index < -0.39 is 6.23 Å². The van der Waals surface area contributed by atoms with Gasteiger partial charge in [0.2, 0.25) is 0 Å². The smallest absolute Gasteiger partial charge is 0.255 e. The van der Waals surface area contributed by atoms with Crippen LogP contribution in [0.3, 0.4) is 0 Å². The summed E-state index contributed by atoms with van der Waals surface area (Å²) in [5.41, 5.74) is 2.18. The largest absolute Gasteiger partial charge is 0.497 e. The van der Waals surface area contributed by atoms with Crippen LogP contribution < -0.4 is 15.4 Å². The molecule has 30 heavy (non-hydrogen) atoms. The molecule has 1 heterocycles. The average Bonchev–Trinajstić information content (AvgIpc) is 3.18. The van der Waals surface area contributed by atoms with Crippen LogP contribution in [0.1, 0.15) is 22.3 Å². The Morgan fingerprint density at radius 3 is 2.50 bits per heavy atom. The van der Waals surface area contributed by atoms with Crippen molar-refractivity contribution in [2.24, 2.45) is 0 Å². The number of rotatable bonds is 6. The quantitative estimate of drug-likeness (QED) is 0.360. The molecule has 4 rings (SSSR count). The van der Waals surface area contributed by atoms with Gasteiger partial charge in [0.05, 0.1) is 18.5 Å². The number of anilines is 2. The molecule has 0 aliphatic heterocycles. The summed E-state index contributed by atoms with van der Waals surface area (Å²) in [5.74, 6) is 0.729. The number of aliphatic hydroxyl groups is 1. The van der Waals surface area contributed by atoms with Crippen molar-refractivity contribution in [3.05, 3.63) is 89.1 Å². The molecule has 1 atom stereocenters. The summed E-state index contributed by atoms with van der Waals surface area (Å²) < 4.78 is 10.8. The fourth-order valence-electron chi connectivity index (χ4n) is 3.04. The Hall–Kier alpha value is -3.48. The van der Waals surface area contributed by atoms with E-state index in [-0.39, 0.29) is 5.91 Å². The Kier molecular flexibility index (Phi) is 5.61. The molecular formula is C23H19ClN2O4. The third kappa shape index (κ3) is 4.25. The van der Waals surface area contributed by atoms with Crippen molar-refractivity contribution in [3.8, 4) is 5.75 Å². The number of hydrogen-bond acceptors (Lipinski definition) is 5. The maximum absolute atomic E-state index is 12.6. The van der Waals surface area contributed by atoms with E-state index >= 15 is 0 Å². The van der Waals surface area contributed by atoms with Crippen LogP contribution in [0, 0.1) is 0 Å². The monoisotopic (exact) mass is 422 g/mol. The highest BCUT2D eigenvalue weighted by Gasteiger charge is 2.16. The van der Waals surface area contributed by atoms with Crippen molar-refractivity contribution < 1.29 is 19.1 Å². The lowest BCUT2D eigenvalue weighted by atomic mass is 10.2. The first-order chi connectivity index (χ1) is 14.5. The van der Waals surface area contributed by atoms with Gasteiger partial charge in [-0.05, 0) is 60.7 Å². The number of halogens is 1. The van der Waals surface area contributed by atoms with E-state index in [0.717, 1.165) is 5.39 Å². The number of hydrogen-bond donors (Lipinski definition) is 3. The number of carbonyl (C=O) groups is 1. The number of para-hydroxylation sites is 2. The molecule has 1 amide bonds. The van der Waals surface area contributed by atoms with Gasteiger partial charge in [-0.1, -0.05) is 23.7 Å². The van der Waals surface area contributed by atoms with Gasteiger partial charge in [0, 0.05) is 16.0 Å². The molecule has 152 valence electrons. The Morgan fingerprint density at radius 1 is 1.03 bits per heavy atom. The molecule has 0 radical (unpaired) electrons. The lowest BCUT2D eigenvalue weighted by Gasteiger charge is -2.16. The molecular weight excluding hydrogens is 404 g/mol. The molecule has 7 heteroatoms. The number of amides is 1. The first kappa shape index (κ1) is 19.8. The fourth-order valence-corrected chi connectivity index (χ4v) is 3.22. The van der Waals surface area contributed by atoms with Crippen LogP contribution in [0.15, 0.2) is 77.2 Å². The van der Waals surface area contributed by atoms with Crippen LogP contribution in [0.4, 0.5) is 11.4 Å². The van der Waals surface area contributed by atoms with E-state index in [1.165, 1.54) is 0 Å². The van der Waals surface area contributed by atoms with Crippen LogP contribution in [-0.4, -0.2) is 18.1 Å². The summed E-state index contributed by atoms with van der Waals surface area (Å²) in [6, 6.07) is 20.8. The van der Waals surface area contributed by atoms with Crippen molar-refractivity contribution >= 4 is 39.9 Å². The molecule has 6 nitrogen and oxygen atoms in total. The second kappa shape index (κ2) is 8.49. The minimum atomic E-state index is -1.12. The summed E-state index contributed by atoms with van der Waals surface area (Å²) in [6.07, 6.45) is -1.12. The summed E-state index contributed by atoms with van der Waals surface area (Å²) in [4.78, 5) is 12.6. The first-order valence-corrected chi connectivity index (χ1v) is 9.59. The van der Waals surface area contributed by atoms with Crippen molar-refractivity contribution in [1.29, 1.82) is 0 Å². The standard InChI is InChI=1S/C23H19ClN2O4/c1-29-17-9-6-14(7-10-17)22(27)25-18-4-2-3-5-19(18)26-23(28)21-13-15-12-16(24)8-11-20(15)30-21/h2-13,23,26,28H,1H3,(H,25,27). The maximum Gasteiger partial charge on any atom is 0.255 e. The minimum absolute atomic E-state index is 0.278. The van der Waals surface area contributed by atoms with Gasteiger partial charge >= 0.3 is 0 Å². The highest BCUT2D eigenvalue weighted by Crippen LogP contribution is 2.30. The van der Waals surface area contributed by atoms with Crippen LogP contribution in [0.2, 0.25) is 5.02 Å². The summed E-state index contributed by atoms with van der Waals surface area (Å²) in [5, 5.41) is 17.8. The third-order valence-electron chi connectivity index (χ3n) is 4.59. The molecule has 0 fully saturated rings. The molecule has 0 aliphatic carbocycles. The van der Waals surface area contributed by atoms with Crippen molar-refractivity contribution in [1.82, 2.24) is 0 Å². The average molecular weight is 423 g/mol. The zero-order chi connectivity index (χ0) is 21.1. The molecule has 0 bridgehead atoms. The lowest BCUT2D eigenvalue weighted by molar-refractivity contribution is 0.102. The normalized spacial score (nSPS) is 11.8. The van der Waals surface area contributed by atoms with Crippen LogP contribution >= 0.6 is 11.6 Å². The minimum Gasteiger partial charge on any atom is -0.497 e. The molecule has 0 spiro atoms. The fraction of sp³-hybridized carbons (Fsp3) is 0.0870. The molecule has 0 aliphatic rings. The van der Waals surface area contributed by atoms with Gasteiger partial charge in [0.15, 0.2) is 12.0 Å². The number of aliphatic hydroxyl groups excluding tert-OH is 1. The molecule has 3 aromatic carbocycles. The van der Waals surface area contributed by atoms with Gasteiger partial charge in [-0.3, -0.25) is 4.79 Å². The zero-order valence-electron chi connectivity index (χ0n) is 16.1. The number of methoxy groups -OCH3 is 1. The molecule has 1 aromatic heterocycles. The summed E-state index contributed by atoms with van der Waals surface area (Å²) >= 11 is 6.01. The Labute approximate surface area is 178 Å². The number of benzene rings is 3. The first-order valence-electron chi connectivity index (χ1n) is 9.21. The van der Waals surface area contributed by atoms with Gasteiger partial charge in [-0.2, -0.15) is 0 Å². The van der Waals surface area contributed by atoms with Crippen molar-refractivity contribution in [3.63, 3.8) is 0 Å². The van der Waals surface area contributed by atoms with Crippen LogP contribution in [-0.2, 0) is 0 Å².